The largest absolute Gasteiger partial charge is 0.479 e. The summed E-state index contributed by atoms with van der Waals surface area (Å²) in [6.45, 7) is 5.65. The monoisotopic (exact) mass is 1050 g/mol. The molecular weight excluding hydrogens is 949 g/mol. The summed E-state index contributed by atoms with van der Waals surface area (Å²) >= 11 is 0. The zero-order chi connectivity index (χ0) is 54.7. The van der Waals surface area contributed by atoms with E-state index < -0.39 is 67.3 Å². The predicted molar refractivity (Wildman–Crippen MR) is 303 cm³/mol. The van der Waals surface area contributed by atoms with Crippen LogP contribution in [0.15, 0.2) is 109 Å². The second kappa shape index (κ2) is 50.2. The minimum absolute atomic E-state index is 0.0323. The van der Waals surface area contributed by atoms with Crippen LogP contribution in [0.25, 0.3) is 0 Å². The number of aliphatic hydroxyl groups is 2. The lowest BCUT2D eigenvalue weighted by Crippen LogP contribution is -2.61. The van der Waals surface area contributed by atoms with Crippen molar-refractivity contribution < 1.29 is 58.2 Å². The van der Waals surface area contributed by atoms with E-state index >= 15 is 0 Å². The van der Waals surface area contributed by atoms with Crippen molar-refractivity contribution in [2.24, 2.45) is 0 Å². The van der Waals surface area contributed by atoms with Gasteiger partial charge in [0.05, 0.1) is 6.61 Å². The molecule has 1 aliphatic heterocycles. The van der Waals surface area contributed by atoms with E-state index in [-0.39, 0.29) is 25.9 Å². The Balaban J connectivity index is 2.74. The molecule has 1 aliphatic rings. The Morgan fingerprint density at radius 1 is 0.453 bits per heavy atom. The van der Waals surface area contributed by atoms with Gasteiger partial charge in [-0.25, -0.2) is 4.79 Å². The standard InChI is InChI=1S/C63H100O12/c1-4-7-10-13-16-19-22-25-27-28-30-33-36-39-42-45-48-51-57(66)74-61-59(68)58(67)60(62(69)70)75-63(61)72-53-54(73-56(65)50-47-44-41-38-35-31-24-21-18-15-12-9-6-3)52-71-55(64)49-46-43-40-37-34-32-29-26-23-20-17-14-11-8-5-2/h7,9-10,12,16-21,25-27,29,31,35,41,44,54,58-61,63,67-68H,4-6,8,11,13-15,22-24,28,30,32-34,36-40,42-43,45-53H2,1-3H3,(H,69,70)/b10-7-,12-9-,19-16-,20-17-,21-18-,27-25-,29-26-,35-31-,44-41-. The molecule has 3 N–H and O–H groups in total. The molecule has 0 aromatic rings. The van der Waals surface area contributed by atoms with Gasteiger partial charge in [-0.15, -0.1) is 0 Å². The number of carbonyl (C=O) groups excluding carboxylic acids is 3. The number of esters is 3. The normalized spacial score (nSPS) is 19.0. The summed E-state index contributed by atoms with van der Waals surface area (Å²) in [4.78, 5) is 51.0. The van der Waals surface area contributed by atoms with Crippen molar-refractivity contribution >= 4 is 23.9 Å². The smallest absolute Gasteiger partial charge is 0.335 e. The topological polar surface area (TPSA) is 175 Å². The highest BCUT2D eigenvalue weighted by Gasteiger charge is 2.50. The van der Waals surface area contributed by atoms with E-state index in [4.69, 9.17) is 23.7 Å². The average Bonchev–Trinajstić information content (AvgIpc) is 3.39. The van der Waals surface area contributed by atoms with Crippen molar-refractivity contribution in [3.63, 3.8) is 0 Å². The zero-order valence-corrected chi connectivity index (χ0v) is 46.5. The first kappa shape index (κ1) is 68.4. The van der Waals surface area contributed by atoms with Crippen LogP contribution in [0.2, 0.25) is 0 Å². The van der Waals surface area contributed by atoms with Crippen molar-refractivity contribution in [2.75, 3.05) is 13.2 Å². The molecule has 0 saturated carbocycles. The predicted octanol–water partition coefficient (Wildman–Crippen LogP) is 14.7. The van der Waals surface area contributed by atoms with Crippen LogP contribution in [0, 0.1) is 0 Å². The van der Waals surface area contributed by atoms with Crippen LogP contribution in [-0.4, -0.2) is 89.2 Å². The Kier molecular flexibility index (Phi) is 45.8. The van der Waals surface area contributed by atoms with E-state index in [1.165, 1.54) is 19.3 Å². The molecule has 1 fully saturated rings. The Labute approximate surface area is 453 Å². The number of carbonyl (C=O) groups is 4. The van der Waals surface area contributed by atoms with Crippen LogP contribution >= 0.6 is 0 Å². The number of rotatable bonds is 47. The van der Waals surface area contributed by atoms with Crippen molar-refractivity contribution in [3.8, 4) is 0 Å². The summed E-state index contributed by atoms with van der Waals surface area (Å²) in [5.74, 6) is -3.27. The quantitative estimate of drug-likeness (QED) is 0.0228. The van der Waals surface area contributed by atoms with Crippen molar-refractivity contribution in [1.29, 1.82) is 0 Å². The summed E-state index contributed by atoms with van der Waals surface area (Å²) < 4.78 is 28.3. The fraction of sp³-hybridized carbons (Fsp3) is 0.651. The molecule has 424 valence electrons. The summed E-state index contributed by atoms with van der Waals surface area (Å²) in [5.41, 5.74) is 0. The number of allylic oxidation sites excluding steroid dienone is 18. The average molecular weight is 1050 g/mol. The van der Waals surface area contributed by atoms with Gasteiger partial charge < -0.3 is 39.0 Å². The van der Waals surface area contributed by atoms with Crippen molar-refractivity contribution in [1.82, 2.24) is 0 Å². The first-order chi connectivity index (χ1) is 36.6. The molecule has 75 heavy (non-hydrogen) atoms. The van der Waals surface area contributed by atoms with Gasteiger partial charge in [0.15, 0.2) is 24.6 Å². The SMILES string of the molecule is CC/C=C\C/C=C\C/C=C\C/C=C\CCC(=O)OC(COC(=O)CCCCCCC/C=C\C/C=C\CCCCC)COC1OC(C(=O)O)C(O)C(O)C1OC(=O)CCCCCCCCC/C=C\C/C=C\C/C=C\CC. The Morgan fingerprint density at radius 2 is 0.867 bits per heavy atom. The third-order valence-electron chi connectivity index (χ3n) is 12.3. The van der Waals surface area contributed by atoms with Crippen LogP contribution in [-0.2, 0) is 42.9 Å². The number of aliphatic hydroxyl groups excluding tert-OH is 2. The summed E-state index contributed by atoms with van der Waals surface area (Å²) in [6, 6.07) is 0. The fourth-order valence-electron chi connectivity index (χ4n) is 7.95. The summed E-state index contributed by atoms with van der Waals surface area (Å²) in [7, 11) is 0. The molecule has 0 aliphatic carbocycles. The van der Waals surface area contributed by atoms with E-state index in [2.05, 4.69) is 118 Å². The van der Waals surface area contributed by atoms with E-state index in [0.717, 1.165) is 128 Å². The number of unbranched alkanes of at least 4 members (excludes halogenated alkanes) is 15. The van der Waals surface area contributed by atoms with Crippen LogP contribution in [0.3, 0.4) is 0 Å². The number of hydrogen-bond acceptors (Lipinski definition) is 11. The highest BCUT2D eigenvalue weighted by molar-refractivity contribution is 5.74. The second-order valence-electron chi connectivity index (χ2n) is 19.2. The van der Waals surface area contributed by atoms with Gasteiger partial charge in [0, 0.05) is 19.3 Å². The first-order valence-electron chi connectivity index (χ1n) is 28.9. The van der Waals surface area contributed by atoms with Gasteiger partial charge in [-0.2, -0.15) is 0 Å². The number of hydrogen-bond donors (Lipinski definition) is 3. The van der Waals surface area contributed by atoms with Gasteiger partial charge in [0.1, 0.15) is 18.8 Å². The minimum atomic E-state index is -1.92. The fourth-order valence-corrected chi connectivity index (χ4v) is 7.95. The molecule has 0 radical (unpaired) electrons. The second-order valence-corrected chi connectivity index (χ2v) is 19.2. The van der Waals surface area contributed by atoms with E-state index in [0.29, 0.717) is 25.7 Å². The van der Waals surface area contributed by atoms with Gasteiger partial charge in [0.2, 0.25) is 0 Å². The van der Waals surface area contributed by atoms with Gasteiger partial charge in [0.25, 0.3) is 0 Å². The van der Waals surface area contributed by atoms with Crippen LogP contribution in [0.5, 0.6) is 0 Å². The van der Waals surface area contributed by atoms with Crippen LogP contribution in [0.4, 0.5) is 0 Å². The molecule has 0 spiro atoms. The zero-order valence-electron chi connectivity index (χ0n) is 46.5. The Bertz CT molecular complexity index is 1720. The lowest BCUT2D eigenvalue weighted by Gasteiger charge is -2.40. The lowest BCUT2D eigenvalue weighted by molar-refractivity contribution is -0.301. The molecule has 12 nitrogen and oxygen atoms in total. The molecule has 0 bridgehead atoms. The third-order valence-corrected chi connectivity index (χ3v) is 12.3. The molecule has 1 rings (SSSR count). The Hall–Kier alpha value is -4.62. The molecular formula is C63H100O12. The maximum Gasteiger partial charge on any atom is 0.335 e. The molecule has 0 aromatic carbocycles. The molecule has 1 heterocycles. The summed E-state index contributed by atoms with van der Waals surface area (Å²) in [5, 5.41) is 31.5. The van der Waals surface area contributed by atoms with Crippen LogP contribution in [0.1, 0.15) is 213 Å². The number of ether oxygens (including phenoxy) is 5. The molecule has 1 saturated heterocycles. The third kappa shape index (κ3) is 40.3. The highest BCUT2D eigenvalue weighted by Crippen LogP contribution is 2.26. The molecule has 6 atom stereocenters. The summed E-state index contributed by atoms with van der Waals surface area (Å²) in [6.07, 6.45) is 55.0. The molecule has 0 amide bonds. The highest BCUT2D eigenvalue weighted by atomic mass is 16.7. The first-order valence-corrected chi connectivity index (χ1v) is 28.9. The van der Waals surface area contributed by atoms with Gasteiger partial charge in [-0.05, 0) is 109 Å². The number of carboxylic acid groups (broad SMARTS) is 1. The maximum absolute atomic E-state index is 13.1. The van der Waals surface area contributed by atoms with E-state index in [9.17, 15) is 34.5 Å². The van der Waals surface area contributed by atoms with Crippen molar-refractivity contribution in [3.05, 3.63) is 109 Å². The lowest BCUT2D eigenvalue weighted by atomic mass is 9.98. The maximum atomic E-state index is 13.1. The van der Waals surface area contributed by atoms with E-state index in [1.807, 2.05) is 12.2 Å². The van der Waals surface area contributed by atoms with Crippen molar-refractivity contribution in [2.45, 2.75) is 250 Å². The van der Waals surface area contributed by atoms with E-state index in [1.54, 1.807) is 0 Å². The van der Waals surface area contributed by atoms with Gasteiger partial charge >= 0.3 is 23.9 Å². The van der Waals surface area contributed by atoms with Gasteiger partial charge in [-0.3, -0.25) is 14.4 Å². The minimum Gasteiger partial charge on any atom is -0.479 e. The number of aliphatic carboxylic acids is 1. The number of carboxylic acids is 1. The molecule has 6 unspecified atom stereocenters. The van der Waals surface area contributed by atoms with Crippen LogP contribution < -0.4 is 0 Å². The Morgan fingerprint density at radius 3 is 1.33 bits per heavy atom. The molecule has 0 aromatic heterocycles. The van der Waals surface area contributed by atoms with Gasteiger partial charge in [-0.1, -0.05) is 194 Å². The molecule has 12 heteroatoms.